The van der Waals surface area contributed by atoms with Crippen LogP contribution in [-0.2, 0) is 0 Å². The normalized spacial score (nSPS) is 14.6. The number of allylic oxidation sites excluding steroid dienone is 1. The lowest BCUT2D eigenvalue weighted by atomic mass is 10.1. The van der Waals surface area contributed by atoms with Crippen LogP contribution in [0.4, 0.5) is 5.69 Å². The fourth-order valence-corrected chi connectivity index (χ4v) is 3.35. The maximum atomic E-state index is 5.82. The van der Waals surface area contributed by atoms with Gasteiger partial charge in [-0.3, -0.25) is 0 Å². The van der Waals surface area contributed by atoms with Gasteiger partial charge in [-0.25, -0.2) is 3.15 Å². The van der Waals surface area contributed by atoms with Crippen LogP contribution in [0.15, 0.2) is 31.5 Å². The standard InChI is InChI=1S/C9H7ClIN/c10-5-7-6-11-12-9-4-2-1-3-8(7)9/h1-4,6H,5H2. The molecule has 0 spiro atoms. The molecule has 0 amide bonds. The van der Waals surface area contributed by atoms with Gasteiger partial charge in [0.25, 0.3) is 0 Å². The van der Waals surface area contributed by atoms with Crippen LogP contribution in [0.2, 0.25) is 0 Å². The molecule has 1 aromatic carbocycles. The number of fused-ring (bicyclic) bond motifs is 1. The number of hydrogen-bond donors (Lipinski definition) is 0. The summed E-state index contributed by atoms with van der Waals surface area (Å²) in [6, 6.07) is 8.17. The van der Waals surface area contributed by atoms with E-state index in [9.17, 15) is 0 Å². The van der Waals surface area contributed by atoms with Crippen molar-refractivity contribution in [1.82, 2.24) is 0 Å². The quantitative estimate of drug-likeness (QED) is 0.546. The van der Waals surface area contributed by atoms with Crippen molar-refractivity contribution in [3.63, 3.8) is 0 Å². The molecule has 0 radical (unpaired) electrons. The molecule has 0 bridgehead atoms. The zero-order chi connectivity index (χ0) is 8.39. The first kappa shape index (κ1) is 8.38. The molecule has 1 nitrogen and oxygen atoms in total. The Balaban J connectivity index is 2.57. The molecule has 62 valence electrons. The number of halogens is 2. The molecule has 0 saturated heterocycles. The van der Waals surface area contributed by atoms with E-state index >= 15 is 0 Å². The van der Waals surface area contributed by atoms with Gasteiger partial charge >= 0.3 is 0 Å². The zero-order valence-electron chi connectivity index (χ0n) is 6.30. The average Bonchev–Trinajstić information content (AvgIpc) is 2.17. The van der Waals surface area contributed by atoms with Crippen molar-refractivity contribution in [3.8, 4) is 0 Å². The van der Waals surface area contributed by atoms with E-state index in [-0.39, 0.29) is 21.0 Å². The summed E-state index contributed by atoms with van der Waals surface area (Å²) in [7, 11) is 0. The smallest absolute Gasteiger partial charge is 0.0766 e. The van der Waals surface area contributed by atoms with E-state index in [0.717, 1.165) is 5.69 Å². The maximum Gasteiger partial charge on any atom is 0.0766 e. The average molecular weight is 292 g/mol. The first-order valence-electron chi connectivity index (χ1n) is 3.60. The fraction of sp³-hybridized carbons (Fsp3) is 0.111. The third-order valence-corrected chi connectivity index (χ3v) is 3.83. The molecule has 0 unspecified atom stereocenters. The van der Waals surface area contributed by atoms with Gasteiger partial charge in [0.15, 0.2) is 0 Å². The second-order valence-electron chi connectivity index (χ2n) is 2.47. The van der Waals surface area contributed by atoms with Crippen molar-refractivity contribution in [3.05, 3.63) is 33.9 Å². The summed E-state index contributed by atoms with van der Waals surface area (Å²) in [5.41, 5.74) is 3.57. The van der Waals surface area contributed by atoms with Crippen molar-refractivity contribution < 1.29 is 0 Å². The highest BCUT2D eigenvalue weighted by Crippen LogP contribution is 2.35. The molecule has 3 heteroatoms. The van der Waals surface area contributed by atoms with E-state index in [4.69, 9.17) is 11.6 Å². The zero-order valence-corrected chi connectivity index (χ0v) is 9.21. The van der Waals surface area contributed by atoms with Crippen LogP contribution in [0.5, 0.6) is 0 Å². The van der Waals surface area contributed by atoms with Gasteiger partial charge in [-0.1, -0.05) is 18.2 Å². The molecule has 1 heterocycles. The molecule has 2 rings (SSSR count). The highest BCUT2D eigenvalue weighted by molar-refractivity contribution is 14.2. The molecule has 0 N–H and O–H groups in total. The summed E-state index contributed by atoms with van der Waals surface area (Å²) in [6.07, 6.45) is 0. The van der Waals surface area contributed by atoms with Gasteiger partial charge in [0.05, 0.1) is 5.69 Å². The van der Waals surface area contributed by atoms with Crippen LogP contribution < -0.4 is 0 Å². The molecule has 1 aliphatic heterocycles. The largest absolute Gasteiger partial charge is 0.222 e. The van der Waals surface area contributed by atoms with Gasteiger partial charge < -0.3 is 0 Å². The van der Waals surface area contributed by atoms with Crippen LogP contribution in [0.1, 0.15) is 5.56 Å². The van der Waals surface area contributed by atoms with Crippen molar-refractivity contribution in [2.45, 2.75) is 0 Å². The summed E-state index contributed by atoms with van der Waals surface area (Å²) >= 11 is 5.67. The van der Waals surface area contributed by atoms with Gasteiger partial charge in [-0.05, 0) is 15.7 Å². The summed E-state index contributed by atoms with van der Waals surface area (Å²) < 4.78 is 6.65. The summed E-state index contributed by atoms with van der Waals surface area (Å²) in [5.74, 6) is 0.603. The Morgan fingerprint density at radius 3 is 3.00 bits per heavy atom. The monoisotopic (exact) mass is 291 g/mol. The number of rotatable bonds is 1. The molecular formula is C9H7ClIN. The predicted molar refractivity (Wildman–Crippen MR) is 61.2 cm³/mol. The predicted octanol–water partition coefficient (Wildman–Crippen LogP) is 4.07. The first-order valence-corrected chi connectivity index (χ1v) is 6.34. The molecule has 1 aliphatic rings. The maximum absolute atomic E-state index is 5.82. The van der Waals surface area contributed by atoms with Crippen LogP contribution in [0, 0.1) is 0 Å². The summed E-state index contributed by atoms with van der Waals surface area (Å²) in [4.78, 5) is 0. The Bertz CT molecular complexity index is 357. The molecule has 0 atom stereocenters. The van der Waals surface area contributed by atoms with Crippen LogP contribution in [0.3, 0.4) is 0 Å². The van der Waals surface area contributed by atoms with E-state index in [1.54, 1.807) is 0 Å². The van der Waals surface area contributed by atoms with E-state index in [2.05, 4.69) is 19.4 Å². The van der Waals surface area contributed by atoms with Crippen molar-refractivity contribution >= 4 is 43.9 Å². The van der Waals surface area contributed by atoms with Crippen molar-refractivity contribution in [1.29, 1.82) is 0 Å². The fourth-order valence-electron chi connectivity index (χ4n) is 1.11. The number of nitrogens with zero attached hydrogens (tertiary/aromatic N) is 1. The Morgan fingerprint density at radius 2 is 2.17 bits per heavy atom. The van der Waals surface area contributed by atoms with Gasteiger partial charge in [-0.2, -0.15) is 0 Å². The van der Waals surface area contributed by atoms with E-state index in [1.807, 2.05) is 12.1 Å². The highest BCUT2D eigenvalue weighted by atomic mass is 127. The van der Waals surface area contributed by atoms with E-state index in [1.165, 1.54) is 11.1 Å². The third kappa shape index (κ3) is 1.45. The minimum atomic E-state index is -0.142. The van der Waals surface area contributed by atoms with E-state index < -0.39 is 0 Å². The molecule has 12 heavy (non-hydrogen) atoms. The number of benzene rings is 1. The van der Waals surface area contributed by atoms with Crippen LogP contribution in [0.25, 0.3) is 5.57 Å². The van der Waals surface area contributed by atoms with Gasteiger partial charge in [0.2, 0.25) is 0 Å². The number of alkyl halides is 1. The molecular weight excluding hydrogens is 284 g/mol. The second kappa shape index (κ2) is 3.66. The van der Waals surface area contributed by atoms with Crippen molar-refractivity contribution in [2.24, 2.45) is 3.15 Å². The van der Waals surface area contributed by atoms with Gasteiger partial charge in [0, 0.05) is 32.5 Å². The molecule has 0 saturated carbocycles. The Hall–Kier alpha value is -0.220. The minimum Gasteiger partial charge on any atom is -0.222 e. The topological polar surface area (TPSA) is 12.4 Å². The second-order valence-corrected chi connectivity index (χ2v) is 4.40. The van der Waals surface area contributed by atoms with Crippen molar-refractivity contribution in [2.75, 3.05) is 5.88 Å². The molecule has 0 aliphatic carbocycles. The molecule has 0 aromatic heterocycles. The van der Waals surface area contributed by atoms with Gasteiger partial charge in [0.1, 0.15) is 0 Å². The lowest BCUT2D eigenvalue weighted by Crippen LogP contribution is -1.86. The SMILES string of the molecule is ClCC1=CI=Nc2ccccc21. The minimum absolute atomic E-state index is 0.142. The first-order chi connectivity index (χ1) is 5.92. The summed E-state index contributed by atoms with van der Waals surface area (Å²) in [5, 5.41) is 0. The Morgan fingerprint density at radius 1 is 1.33 bits per heavy atom. The number of hydrogen-bond acceptors (Lipinski definition) is 1. The van der Waals surface area contributed by atoms with Crippen LogP contribution in [-0.4, -0.2) is 5.88 Å². The van der Waals surface area contributed by atoms with E-state index in [0.29, 0.717) is 5.88 Å². The molecule has 0 fully saturated rings. The Kier molecular flexibility index (Phi) is 2.56. The molecule has 1 aromatic rings. The summed E-state index contributed by atoms with van der Waals surface area (Å²) in [6.45, 7) is 0. The third-order valence-electron chi connectivity index (χ3n) is 1.71. The Labute approximate surface area is 86.6 Å². The lowest BCUT2D eigenvalue weighted by Gasteiger charge is -2.09. The highest BCUT2D eigenvalue weighted by Gasteiger charge is 2.07. The van der Waals surface area contributed by atoms with Crippen LogP contribution >= 0.6 is 32.6 Å². The van der Waals surface area contributed by atoms with Gasteiger partial charge in [-0.15, -0.1) is 11.6 Å². The lowest BCUT2D eigenvalue weighted by molar-refractivity contribution is 1.51.